The van der Waals surface area contributed by atoms with Crippen molar-refractivity contribution >= 4 is 32.9 Å². The summed E-state index contributed by atoms with van der Waals surface area (Å²) in [5.41, 5.74) is 4.30. The minimum atomic E-state index is -0.642. The quantitative estimate of drug-likeness (QED) is 0.317. The van der Waals surface area contributed by atoms with E-state index in [1.54, 1.807) is 0 Å². The average molecular weight is 483 g/mol. The maximum absolute atomic E-state index is 11.4. The van der Waals surface area contributed by atoms with Crippen molar-refractivity contribution in [1.82, 2.24) is 0 Å². The number of fused-ring (bicyclic) bond motifs is 2. The standard InChI is InChI=1S/C32H38N2O2/c1-19(2)34(20(3)4)24-13-11-21(12-14-24)29-31(35)30(32(29)36)25-15-16-28(33(5)6)27-18-23-10-8-7-9-22(23)17-26(25)27/h7-20,29-32,35-36H,1-6H3. The van der Waals surface area contributed by atoms with Crippen molar-refractivity contribution in [2.75, 3.05) is 23.9 Å². The lowest BCUT2D eigenvalue weighted by atomic mass is 9.62. The van der Waals surface area contributed by atoms with Crippen LogP contribution in [-0.2, 0) is 0 Å². The predicted octanol–water partition coefficient (Wildman–Crippen LogP) is 6.29. The molecule has 4 nitrogen and oxygen atoms in total. The van der Waals surface area contributed by atoms with Crippen LogP contribution in [-0.4, -0.2) is 48.6 Å². The summed E-state index contributed by atoms with van der Waals surface area (Å²) in [6.07, 6.45) is -1.28. The van der Waals surface area contributed by atoms with Gasteiger partial charge in [-0.05, 0) is 85.3 Å². The fourth-order valence-electron chi connectivity index (χ4n) is 6.25. The van der Waals surface area contributed by atoms with E-state index in [4.69, 9.17) is 0 Å². The summed E-state index contributed by atoms with van der Waals surface area (Å²) in [6, 6.07) is 26.2. The van der Waals surface area contributed by atoms with Gasteiger partial charge in [0.2, 0.25) is 0 Å². The van der Waals surface area contributed by atoms with Crippen LogP contribution < -0.4 is 9.80 Å². The normalized spacial score (nSPS) is 21.8. The van der Waals surface area contributed by atoms with E-state index in [0.717, 1.165) is 33.0 Å². The molecule has 0 spiro atoms. The summed E-state index contributed by atoms with van der Waals surface area (Å²) >= 11 is 0. The van der Waals surface area contributed by atoms with Crippen LogP contribution in [0.25, 0.3) is 21.5 Å². The molecule has 1 fully saturated rings. The Morgan fingerprint density at radius 2 is 1.22 bits per heavy atom. The average Bonchev–Trinajstić information content (AvgIpc) is 2.83. The van der Waals surface area contributed by atoms with Gasteiger partial charge in [0.1, 0.15) is 0 Å². The molecule has 4 aromatic carbocycles. The van der Waals surface area contributed by atoms with Crippen molar-refractivity contribution in [3.05, 3.63) is 83.9 Å². The smallest absolute Gasteiger partial charge is 0.0727 e. The fraction of sp³-hybridized carbons (Fsp3) is 0.375. The van der Waals surface area contributed by atoms with Crippen molar-refractivity contribution in [2.24, 2.45) is 0 Å². The molecule has 2 unspecified atom stereocenters. The second-order valence-electron chi connectivity index (χ2n) is 11.0. The summed E-state index contributed by atoms with van der Waals surface area (Å²) in [4.78, 5) is 4.50. The number of benzene rings is 4. The van der Waals surface area contributed by atoms with Gasteiger partial charge in [-0.2, -0.15) is 0 Å². The van der Waals surface area contributed by atoms with E-state index >= 15 is 0 Å². The minimum absolute atomic E-state index is 0.292. The molecule has 1 aliphatic carbocycles. The Balaban J connectivity index is 1.50. The monoisotopic (exact) mass is 482 g/mol. The van der Waals surface area contributed by atoms with Crippen LogP contribution in [0.5, 0.6) is 0 Å². The Labute approximate surface area is 214 Å². The zero-order valence-corrected chi connectivity index (χ0v) is 22.2. The first-order chi connectivity index (χ1) is 17.2. The molecule has 4 aromatic rings. The topological polar surface area (TPSA) is 46.9 Å². The molecular formula is C32H38N2O2. The fourth-order valence-corrected chi connectivity index (χ4v) is 6.25. The van der Waals surface area contributed by atoms with Gasteiger partial charge in [0.05, 0.1) is 12.2 Å². The molecule has 2 N–H and O–H groups in total. The molecule has 1 saturated carbocycles. The lowest BCUT2D eigenvalue weighted by Gasteiger charge is -2.47. The third kappa shape index (κ3) is 4.03. The van der Waals surface area contributed by atoms with E-state index in [0.29, 0.717) is 12.1 Å². The van der Waals surface area contributed by atoms with Crippen LogP contribution in [0.15, 0.2) is 72.8 Å². The molecule has 0 bridgehead atoms. The summed E-state index contributed by atoms with van der Waals surface area (Å²) in [7, 11) is 4.10. The van der Waals surface area contributed by atoms with Gasteiger partial charge in [-0.1, -0.05) is 42.5 Å². The van der Waals surface area contributed by atoms with Crippen LogP contribution in [0.4, 0.5) is 11.4 Å². The third-order valence-corrected chi connectivity index (χ3v) is 7.90. The first-order valence-corrected chi connectivity index (χ1v) is 13.1. The van der Waals surface area contributed by atoms with Crippen molar-refractivity contribution in [2.45, 2.75) is 63.8 Å². The molecule has 0 saturated heterocycles. The Kier molecular flexibility index (Phi) is 6.44. The van der Waals surface area contributed by atoms with E-state index < -0.39 is 12.2 Å². The molecule has 188 valence electrons. The highest BCUT2D eigenvalue weighted by atomic mass is 16.3. The van der Waals surface area contributed by atoms with Crippen molar-refractivity contribution in [1.29, 1.82) is 0 Å². The summed E-state index contributed by atoms with van der Waals surface area (Å²) in [6.45, 7) is 8.81. The highest BCUT2D eigenvalue weighted by Gasteiger charge is 2.50. The zero-order valence-electron chi connectivity index (χ0n) is 22.2. The molecule has 4 heteroatoms. The summed E-state index contributed by atoms with van der Waals surface area (Å²) in [5, 5.41) is 27.3. The Morgan fingerprint density at radius 3 is 1.75 bits per heavy atom. The number of anilines is 2. The number of aliphatic hydroxyl groups is 2. The van der Waals surface area contributed by atoms with Crippen LogP contribution >= 0.6 is 0 Å². The number of hydrogen-bond donors (Lipinski definition) is 2. The minimum Gasteiger partial charge on any atom is -0.392 e. The zero-order chi connectivity index (χ0) is 25.7. The van der Waals surface area contributed by atoms with Crippen molar-refractivity contribution in [3.63, 3.8) is 0 Å². The van der Waals surface area contributed by atoms with Gasteiger partial charge in [0.25, 0.3) is 0 Å². The van der Waals surface area contributed by atoms with Crippen LogP contribution in [0, 0.1) is 0 Å². The van der Waals surface area contributed by atoms with Crippen LogP contribution in [0.2, 0.25) is 0 Å². The number of hydrogen-bond acceptors (Lipinski definition) is 4. The molecule has 0 heterocycles. The lowest BCUT2D eigenvalue weighted by Crippen LogP contribution is -2.51. The van der Waals surface area contributed by atoms with E-state index in [1.807, 2.05) is 0 Å². The number of rotatable bonds is 6. The van der Waals surface area contributed by atoms with Crippen molar-refractivity contribution in [3.8, 4) is 0 Å². The lowest BCUT2D eigenvalue weighted by molar-refractivity contribution is -0.0780. The Bertz CT molecular complexity index is 1360. The van der Waals surface area contributed by atoms with Crippen LogP contribution in [0.1, 0.15) is 50.7 Å². The van der Waals surface area contributed by atoms with Gasteiger partial charge in [-0.15, -0.1) is 0 Å². The van der Waals surface area contributed by atoms with Crippen molar-refractivity contribution < 1.29 is 10.2 Å². The molecule has 36 heavy (non-hydrogen) atoms. The van der Waals surface area contributed by atoms with Gasteiger partial charge in [0, 0.05) is 54.8 Å². The van der Waals surface area contributed by atoms with Gasteiger partial charge < -0.3 is 20.0 Å². The van der Waals surface area contributed by atoms with Gasteiger partial charge in [-0.3, -0.25) is 0 Å². The summed E-state index contributed by atoms with van der Waals surface area (Å²) < 4.78 is 0. The maximum Gasteiger partial charge on any atom is 0.0727 e. The largest absolute Gasteiger partial charge is 0.392 e. The molecule has 0 aromatic heterocycles. The first kappa shape index (κ1) is 24.6. The molecule has 5 rings (SSSR count). The molecule has 0 radical (unpaired) electrons. The Hall–Kier alpha value is -3.08. The molecule has 0 amide bonds. The first-order valence-electron chi connectivity index (χ1n) is 13.1. The summed E-state index contributed by atoms with van der Waals surface area (Å²) in [5.74, 6) is -0.614. The van der Waals surface area contributed by atoms with E-state index in [1.165, 1.54) is 11.1 Å². The van der Waals surface area contributed by atoms with Gasteiger partial charge >= 0.3 is 0 Å². The maximum atomic E-state index is 11.4. The van der Waals surface area contributed by atoms with Crippen LogP contribution in [0.3, 0.4) is 0 Å². The SMILES string of the molecule is CC(C)N(c1ccc(C2C(O)C(c3ccc(N(C)C)c4cc5ccccc5cc34)C2O)cc1)C(C)C. The predicted molar refractivity (Wildman–Crippen MR) is 152 cm³/mol. The van der Waals surface area contributed by atoms with Gasteiger partial charge in [0.15, 0.2) is 0 Å². The highest BCUT2D eigenvalue weighted by Crippen LogP contribution is 2.50. The molecule has 1 aliphatic rings. The molecular weight excluding hydrogens is 444 g/mol. The second kappa shape index (κ2) is 9.42. The Morgan fingerprint density at radius 1 is 0.667 bits per heavy atom. The number of nitrogens with zero attached hydrogens (tertiary/aromatic N) is 2. The van der Waals surface area contributed by atoms with E-state index in [-0.39, 0.29) is 11.8 Å². The molecule has 0 aliphatic heterocycles. The van der Waals surface area contributed by atoms with E-state index in [2.05, 4.69) is 124 Å². The second-order valence-corrected chi connectivity index (χ2v) is 11.0. The third-order valence-electron chi connectivity index (χ3n) is 7.90. The number of aliphatic hydroxyl groups excluding tert-OH is 2. The highest BCUT2D eigenvalue weighted by molar-refractivity contribution is 6.05. The van der Waals surface area contributed by atoms with Gasteiger partial charge in [-0.25, -0.2) is 0 Å². The molecule has 2 atom stereocenters. The van der Waals surface area contributed by atoms with E-state index in [9.17, 15) is 10.2 Å².